The molecule has 7 heteroatoms. The molecule has 1 aliphatic heterocycles. The lowest BCUT2D eigenvalue weighted by Crippen LogP contribution is -2.59. The van der Waals surface area contributed by atoms with E-state index in [0.717, 1.165) is 0 Å². The molecule has 0 bridgehead atoms. The lowest BCUT2D eigenvalue weighted by Gasteiger charge is -2.38. The number of hydrogen-bond acceptors (Lipinski definition) is 4. The molecule has 0 atom stereocenters. The molecule has 0 aliphatic carbocycles. The van der Waals surface area contributed by atoms with Crippen LogP contribution in [0.3, 0.4) is 0 Å². The fourth-order valence-electron chi connectivity index (χ4n) is 2.02. The first-order valence-electron chi connectivity index (χ1n) is 6.39. The molecular formula is C13H18N2O4S. The van der Waals surface area contributed by atoms with E-state index >= 15 is 0 Å². The number of nitrogens with one attached hydrogen (secondary N) is 1. The standard InChI is InChI=1S/C13H18N2O4S/c1-3-14-13(16)15-8-12(9-15)20(17,18)11-6-4-10(19-2)5-7-11/h4-7,12H,3,8-9H2,1-2H3,(H,14,16). The van der Waals surface area contributed by atoms with Crippen molar-refractivity contribution in [3.63, 3.8) is 0 Å². The normalized spacial score (nSPS) is 15.6. The van der Waals surface area contributed by atoms with E-state index in [-0.39, 0.29) is 24.0 Å². The number of methoxy groups -OCH3 is 1. The van der Waals surface area contributed by atoms with E-state index in [9.17, 15) is 13.2 Å². The van der Waals surface area contributed by atoms with Gasteiger partial charge in [0.05, 0.1) is 12.0 Å². The van der Waals surface area contributed by atoms with Gasteiger partial charge in [-0.3, -0.25) is 0 Å². The van der Waals surface area contributed by atoms with Gasteiger partial charge in [-0.1, -0.05) is 0 Å². The summed E-state index contributed by atoms with van der Waals surface area (Å²) in [5, 5.41) is 2.12. The van der Waals surface area contributed by atoms with Gasteiger partial charge in [0.2, 0.25) is 0 Å². The molecule has 0 spiro atoms. The van der Waals surface area contributed by atoms with Gasteiger partial charge in [0, 0.05) is 19.6 Å². The zero-order valence-corrected chi connectivity index (χ0v) is 12.3. The molecule has 1 fully saturated rings. The van der Waals surface area contributed by atoms with Crippen LogP contribution in [0.2, 0.25) is 0 Å². The molecule has 1 saturated heterocycles. The summed E-state index contributed by atoms with van der Waals surface area (Å²) in [6, 6.07) is 6.08. The molecule has 2 rings (SSSR count). The number of rotatable bonds is 4. The molecule has 1 aromatic rings. The summed E-state index contributed by atoms with van der Waals surface area (Å²) in [5.41, 5.74) is 0. The Balaban J connectivity index is 2.04. The predicted molar refractivity (Wildman–Crippen MR) is 74.6 cm³/mol. The fraction of sp³-hybridized carbons (Fsp3) is 0.462. The first-order valence-corrected chi connectivity index (χ1v) is 7.94. The number of urea groups is 1. The second-order valence-corrected chi connectivity index (χ2v) is 6.81. The average molecular weight is 298 g/mol. The molecule has 0 unspecified atom stereocenters. The van der Waals surface area contributed by atoms with Gasteiger partial charge in [-0.15, -0.1) is 0 Å². The smallest absolute Gasteiger partial charge is 0.317 e. The van der Waals surface area contributed by atoms with Crippen LogP contribution < -0.4 is 10.1 Å². The maximum Gasteiger partial charge on any atom is 0.317 e. The first-order chi connectivity index (χ1) is 9.48. The second kappa shape index (κ2) is 5.70. The Hall–Kier alpha value is -1.76. The number of amides is 2. The molecule has 0 aromatic heterocycles. The minimum Gasteiger partial charge on any atom is -0.497 e. The van der Waals surface area contributed by atoms with Crippen LogP contribution in [-0.2, 0) is 9.84 Å². The minimum absolute atomic E-state index is 0.214. The lowest BCUT2D eigenvalue weighted by molar-refractivity contribution is 0.170. The Kier molecular flexibility index (Phi) is 4.17. The maximum absolute atomic E-state index is 12.3. The van der Waals surface area contributed by atoms with Crippen LogP contribution in [0.5, 0.6) is 5.75 Å². The van der Waals surface area contributed by atoms with E-state index in [1.54, 1.807) is 12.1 Å². The number of carbonyl (C=O) groups is 1. The van der Waals surface area contributed by atoms with Crippen molar-refractivity contribution < 1.29 is 17.9 Å². The van der Waals surface area contributed by atoms with E-state index in [0.29, 0.717) is 12.3 Å². The van der Waals surface area contributed by atoms with Crippen molar-refractivity contribution >= 4 is 15.9 Å². The zero-order valence-electron chi connectivity index (χ0n) is 11.5. The summed E-state index contributed by atoms with van der Waals surface area (Å²) < 4.78 is 29.7. The van der Waals surface area contributed by atoms with E-state index in [1.165, 1.54) is 24.1 Å². The predicted octanol–water partition coefficient (Wildman–Crippen LogP) is 0.883. The van der Waals surface area contributed by atoms with Crippen molar-refractivity contribution in [3.05, 3.63) is 24.3 Å². The van der Waals surface area contributed by atoms with Crippen LogP contribution in [0.4, 0.5) is 4.79 Å². The Bertz CT molecular complexity index is 577. The minimum atomic E-state index is -3.39. The zero-order chi connectivity index (χ0) is 14.8. The quantitative estimate of drug-likeness (QED) is 0.895. The van der Waals surface area contributed by atoms with Gasteiger partial charge in [0.15, 0.2) is 9.84 Å². The third-order valence-electron chi connectivity index (χ3n) is 3.29. The largest absolute Gasteiger partial charge is 0.497 e. The average Bonchev–Trinajstić information content (AvgIpc) is 2.37. The third kappa shape index (κ3) is 2.72. The lowest BCUT2D eigenvalue weighted by atomic mass is 10.2. The molecule has 2 amide bonds. The van der Waals surface area contributed by atoms with Gasteiger partial charge in [-0.25, -0.2) is 13.2 Å². The topological polar surface area (TPSA) is 75.7 Å². The summed E-state index contributed by atoms with van der Waals surface area (Å²) in [7, 11) is -1.86. The highest BCUT2D eigenvalue weighted by atomic mass is 32.2. The Labute approximate surface area is 118 Å². The number of sulfone groups is 1. The molecule has 20 heavy (non-hydrogen) atoms. The molecule has 1 aliphatic rings. The Morgan fingerprint density at radius 3 is 2.45 bits per heavy atom. The van der Waals surface area contributed by atoms with Crippen molar-refractivity contribution in [2.45, 2.75) is 17.1 Å². The molecule has 0 radical (unpaired) electrons. The van der Waals surface area contributed by atoms with Gasteiger partial charge in [0.25, 0.3) is 0 Å². The Morgan fingerprint density at radius 2 is 1.95 bits per heavy atom. The van der Waals surface area contributed by atoms with Gasteiger partial charge in [-0.05, 0) is 31.2 Å². The number of hydrogen-bond donors (Lipinski definition) is 1. The summed E-state index contributed by atoms with van der Waals surface area (Å²) in [5.74, 6) is 0.613. The van der Waals surface area contributed by atoms with Crippen LogP contribution in [0.1, 0.15) is 6.92 Å². The molecular weight excluding hydrogens is 280 g/mol. The highest BCUT2D eigenvalue weighted by Gasteiger charge is 2.40. The molecule has 6 nitrogen and oxygen atoms in total. The molecule has 1 heterocycles. The second-order valence-electron chi connectivity index (χ2n) is 4.58. The maximum atomic E-state index is 12.3. The molecule has 110 valence electrons. The van der Waals surface area contributed by atoms with Crippen LogP contribution in [0, 0.1) is 0 Å². The SMILES string of the molecule is CCNC(=O)N1CC(S(=O)(=O)c2ccc(OC)cc2)C1. The first kappa shape index (κ1) is 14.6. The van der Waals surface area contributed by atoms with E-state index in [2.05, 4.69) is 5.32 Å². The van der Waals surface area contributed by atoms with Crippen LogP contribution >= 0.6 is 0 Å². The third-order valence-corrected chi connectivity index (χ3v) is 5.40. The van der Waals surface area contributed by atoms with Crippen molar-refractivity contribution in [1.29, 1.82) is 0 Å². The van der Waals surface area contributed by atoms with Crippen molar-refractivity contribution in [3.8, 4) is 5.75 Å². The van der Waals surface area contributed by atoms with Gasteiger partial charge >= 0.3 is 6.03 Å². The van der Waals surface area contributed by atoms with Crippen molar-refractivity contribution in [1.82, 2.24) is 10.2 Å². The highest BCUT2D eigenvalue weighted by molar-refractivity contribution is 7.92. The number of nitrogens with zero attached hydrogens (tertiary/aromatic N) is 1. The molecule has 1 N–H and O–H groups in total. The van der Waals surface area contributed by atoms with Crippen molar-refractivity contribution in [2.75, 3.05) is 26.7 Å². The summed E-state index contributed by atoms with van der Waals surface area (Å²) in [4.78, 5) is 13.3. The van der Waals surface area contributed by atoms with Gasteiger partial charge < -0.3 is 15.0 Å². The Morgan fingerprint density at radius 1 is 1.35 bits per heavy atom. The van der Waals surface area contributed by atoms with E-state index < -0.39 is 15.1 Å². The fourth-order valence-corrected chi connectivity index (χ4v) is 3.67. The van der Waals surface area contributed by atoms with Crippen LogP contribution in [0.15, 0.2) is 29.2 Å². The number of likely N-dealkylation sites (tertiary alicyclic amines) is 1. The van der Waals surface area contributed by atoms with Crippen LogP contribution in [-0.4, -0.2) is 51.3 Å². The van der Waals surface area contributed by atoms with Gasteiger partial charge in [0.1, 0.15) is 11.0 Å². The monoisotopic (exact) mass is 298 g/mol. The van der Waals surface area contributed by atoms with Crippen molar-refractivity contribution in [2.24, 2.45) is 0 Å². The van der Waals surface area contributed by atoms with Crippen LogP contribution in [0.25, 0.3) is 0 Å². The number of carbonyl (C=O) groups excluding carboxylic acids is 1. The summed E-state index contributed by atoms with van der Waals surface area (Å²) in [6.45, 7) is 2.83. The number of ether oxygens (including phenoxy) is 1. The van der Waals surface area contributed by atoms with E-state index in [1.807, 2.05) is 6.92 Å². The molecule has 1 aromatic carbocycles. The summed E-state index contributed by atoms with van der Waals surface area (Å²) >= 11 is 0. The number of benzene rings is 1. The summed E-state index contributed by atoms with van der Waals surface area (Å²) in [6.07, 6.45) is 0. The highest BCUT2D eigenvalue weighted by Crippen LogP contribution is 2.25. The molecule has 0 saturated carbocycles. The van der Waals surface area contributed by atoms with E-state index in [4.69, 9.17) is 4.74 Å². The van der Waals surface area contributed by atoms with Gasteiger partial charge in [-0.2, -0.15) is 0 Å².